The summed E-state index contributed by atoms with van der Waals surface area (Å²) in [6.45, 7) is 6.77. The Morgan fingerprint density at radius 3 is 2.39 bits per heavy atom. The highest BCUT2D eigenvalue weighted by molar-refractivity contribution is 7.92. The van der Waals surface area contributed by atoms with Gasteiger partial charge in [0.1, 0.15) is 4.90 Å². The molecule has 9 heteroatoms. The van der Waals surface area contributed by atoms with Crippen LogP contribution in [0.4, 0.5) is 11.4 Å². The zero-order chi connectivity index (χ0) is 26.7. The third kappa shape index (κ3) is 6.00. The first-order chi connectivity index (χ1) is 18.3. The Bertz CT molecular complexity index is 1250. The first-order valence-corrected chi connectivity index (χ1v) is 15.5. The number of anilines is 2. The van der Waals surface area contributed by atoms with Gasteiger partial charge in [0.2, 0.25) is 0 Å². The largest absolute Gasteiger partial charge is 0.478 e. The van der Waals surface area contributed by atoms with Crippen molar-refractivity contribution < 1.29 is 18.3 Å². The average Bonchev–Trinajstić information content (AvgIpc) is 3.15. The minimum absolute atomic E-state index is 0.0907. The minimum atomic E-state index is -4.00. The topological polar surface area (TPSA) is 93.2 Å². The Labute approximate surface area is 226 Å². The van der Waals surface area contributed by atoms with E-state index in [0.29, 0.717) is 12.1 Å². The average molecular weight is 541 g/mol. The van der Waals surface area contributed by atoms with Crippen LogP contribution in [-0.2, 0) is 22.9 Å². The standard InChI is InChI=1S/C29H40N4O4S/c1-31-15-13-22(14-16-31)21-32-17-19-33(20-18-32)26-9-5-6-10-27(26)38(36,37)30-25-12-11-23-7-3-2-4-8-24(23)28(25)29(34)35/h5-6,9-12,22,30H,2-4,7-8,13-21H2,1H3,(H,34,35). The van der Waals surface area contributed by atoms with Crippen molar-refractivity contribution >= 4 is 27.4 Å². The molecule has 2 fully saturated rings. The van der Waals surface area contributed by atoms with Crippen molar-refractivity contribution in [3.63, 3.8) is 0 Å². The molecule has 8 nitrogen and oxygen atoms in total. The lowest BCUT2D eigenvalue weighted by molar-refractivity contribution is 0.0696. The molecule has 2 N–H and O–H groups in total. The van der Waals surface area contributed by atoms with Crippen molar-refractivity contribution in [2.45, 2.75) is 49.8 Å². The number of fused-ring (bicyclic) bond motifs is 1. The maximum atomic E-state index is 13.7. The van der Waals surface area contributed by atoms with Gasteiger partial charge in [-0.05, 0) is 93.9 Å². The summed E-state index contributed by atoms with van der Waals surface area (Å²) in [5.74, 6) is -0.352. The number of likely N-dealkylation sites (tertiary alicyclic amines) is 1. The number of hydrogen-bond acceptors (Lipinski definition) is 6. The normalized spacial score (nSPS) is 20.1. The molecule has 1 aliphatic carbocycles. The van der Waals surface area contributed by atoms with Gasteiger partial charge in [-0.3, -0.25) is 9.62 Å². The maximum absolute atomic E-state index is 13.7. The van der Waals surface area contributed by atoms with Crippen LogP contribution >= 0.6 is 0 Å². The third-order valence-corrected chi connectivity index (χ3v) is 9.88. The Balaban J connectivity index is 1.32. The molecule has 2 aromatic rings. The third-order valence-electron chi connectivity index (χ3n) is 8.46. The van der Waals surface area contributed by atoms with Gasteiger partial charge in [-0.2, -0.15) is 0 Å². The van der Waals surface area contributed by atoms with Gasteiger partial charge in [0.15, 0.2) is 0 Å². The first-order valence-electron chi connectivity index (χ1n) is 14.0. The van der Waals surface area contributed by atoms with Crippen LogP contribution in [0.5, 0.6) is 0 Å². The van der Waals surface area contributed by atoms with Gasteiger partial charge < -0.3 is 14.9 Å². The van der Waals surface area contributed by atoms with E-state index in [9.17, 15) is 18.3 Å². The molecule has 0 amide bonds. The lowest BCUT2D eigenvalue weighted by atomic mass is 9.96. The second-order valence-corrected chi connectivity index (χ2v) is 12.7. The summed E-state index contributed by atoms with van der Waals surface area (Å²) >= 11 is 0. The number of rotatable bonds is 7. The van der Waals surface area contributed by atoms with Crippen LogP contribution in [0.15, 0.2) is 41.3 Å². The van der Waals surface area contributed by atoms with Crippen molar-refractivity contribution in [2.24, 2.45) is 5.92 Å². The predicted molar refractivity (Wildman–Crippen MR) is 151 cm³/mol. The van der Waals surface area contributed by atoms with Crippen LogP contribution in [-0.4, -0.2) is 82.2 Å². The van der Waals surface area contributed by atoms with Gasteiger partial charge in [0.25, 0.3) is 10.0 Å². The van der Waals surface area contributed by atoms with Crippen LogP contribution < -0.4 is 9.62 Å². The van der Waals surface area contributed by atoms with Crippen LogP contribution in [0.3, 0.4) is 0 Å². The van der Waals surface area contributed by atoms with Crippen molar-refractivity contribution in [1.82, 2.24) is 9.80 Å². The predicted octanol–water partition coefficient (Wildman–Crippen LogP) is 3.92. The SMILES string of the molecule is CN1CCC(CN2CCN(c3ccccc3S(=O)(=O)Nc3ccc4c(c3C(=O)O)CCCCC4)CC2)CC1. The number of nitrogens with one attached hydrogen (secondary N) is 1. The Morgan fingerprint density at radius 1 is 0.947 bits per heavy atom. The van der Waals surface area contributed by atoms with Gasteiger partial charge in [-0.1, -0.05) is 24.6 Å². The summed E-state index contributed by atoms with van der Waals surface area (Å²) in [6.07, 6.45) is 6.95. The number of para-hydroxylation sites is 1. The zero-order valence-electron chi connectivity index (χ0n) is 22.4. The van der Waals surface area contributed by atoms with Gasteiger partial charge in [0, 0.05) is 32.7 Å². The Hall–Kier alpha value is -2.62. The van der Waals surface area contributed by atoms with Crippen LogP contribution in [0.1, 0.15) is 53.6 Å². The number of hydrogen-bond donors (Lipinski definition) is 2. The number of benzene rings is 2. The molecule has 5 rings (SSSR count). The van der Waals surface area contributed by atoms with Gasteiger partial charge in [0.05, 0.1) is 16.9 Å². The number of nitrogens with zero attached hydrogens (tertiary/aromatic N) is 3. The van der Waals surface area contributed by atoms with E-state index in [-0.39, 0.29) is 16.1 Å². The molecule has 0 radical (unpaired) electrons. The highest BCUT2D eigenvalue weighted by Crippen LogP contribution is 2.33. The van der Waals surface area contributed by atoms with E-state index >= 15 is 0 Å². The van der Waals surface area contributed by atoms with Crippen LogP contribution in [0.25, 0.3) is 0 Å². The van der Waals surface area contributed by atoms with Crippen molar-refractivity contribution in [3.8, 4) is 0 Å². The minimum Gasteiger partial charge on any atom is -0.478 e. The number of sulfonamides is 1. The summed E-state index contributed by atoms with van der Waals surface area (Å²) in [5.41, 5.74) is 2.69. The highest BCUT2D eigenvalue weighted by atomic mass is 32.2. The van der Waals surface area contributed by atoms with Crippen molar-refractivity contribution in [3.05, 3.63) is 53.1 Å². The number of carboxylic acid groups (broad SMARTS) is 1. The van der Waals surface area contributed by atoms with E-state index in [1.54, 1.807) is 18.2 Å². The van der Waals surface area contributed by atoms with E-state index in [1.165, 1.54) is 12.8 Å². The number of aromatic carboxylic acids is 1. The van der Waals surface area contributed by atoms with Gasteiger partial charge >= 0.3 is 5.97 Å². The molecule has 0 spiro atoms. The highest BCUT2D eigenvalue weighted by Gasteiger charge is 2.28. The molecule has 0 aromatic heterocycles. The van der Waals surface area contributed by atoms with E-state index < -0.39 is 16.0 Å². The number of carbonyl (C=O) groups is 1. The Morgan fingerprint density at radius 2 is 1.66 bits per heavy atom. The fourth-order valence-corrected chi connectivity index (χ4v) is 7.56. The molecule has 2 heterocycles. The molecule has 2 saturated heterocycles. The molecule has 3 aliphatic rings. The molecule has 0 atom stereocenters. The summed E-state index contributed by atoms with van der Waals surface area (Å²) in [7, 11) is -1.81. The van der Waals surface area contributed by atoms with Crippen LogP contribution in [0.2, 0.25) is 0 Å². The lowest BCUT2D eigenvalue weighted by Gasteiger charge is -2.39. The molecule has 0 unspecified atom stereocenters. The maximum Gasteiger partial charge on any atom is 0.338 e. The zero-order valence-corrected chi connectivity index (χ0v) is 23.2. The lowest BCUT2D eigenvalue weighted by Crippen LogP contribution is -2.49. The summed E-state index contributed by atoms with van der Waals surface area (Å²) in [6, 6.07) is 10.6. The van der Waals surface area contributed by atoms with Crippen molar-refractivity contribution in [1.29, 1.82) is 0 Å². The summed E-state index contributed by atoms with van der Waals surface area (Å²) in [5, 5.41) is 10.0. The quantitative estimate of drug-likeness (QED) is 0.514. The first kappa shape index (κ1) is 27.0. The molecule has 206 valence electrons. The smallest absolute Gasteiger partial charge is 0.338 e. The molecule has 0 bridgehead atoms. The number of aryl methyl sites for hydroxylation is 1. The Kier molecular flexibility index (Phi) is 8.26. The van der Waals surface area contributed by atoms with E-state index in [4.69, 9.17) is 0 Å². The van der Waals surface area contributed by atoms with Crippen LogP contribution in [0, 0.1) is 5.92 Å². The summed E-state index contributed by atoms with van der Waals surface area (Å²) < 4.78 is 30.0. The molecular formula is C29H40N4O4S. The summed E-state index contributed by atoms with van der Waals surface area (Å²) in [4.78, 5) is 19.5. The molecular weight excluding hydrogens is 500 g/mol. The second-order valence-electron chi connectivity index (χ2n) is 11.1. The van der Waals surface area contributed by atoms with E-state index in [0.717, 1.165) is 88.5 Å². The number of piperazine rings is 1. The second kappa shape index (κ2) is 11.6. The fraction of sp³-hybridized carbons (Fsp3) is 0.552. The molecule has 2 aromatic carbocycles. The van der Waals surface area contributed by atoms with Gasteiger partial charge in [-0.25, -0.2) is 13.2 Å². The van der Waals surface area contributed by atoms with E-state index in [2.05, 4.69) is 26.5 Å². The number of carboxylic acids is 1. The molecule has 2 aliphatic heterocycles. The number of piperidine rings is 1. The van der Waals surface area contributed by atoms with Gasteiger partial charge in [-0.15, -0.1) is 0 Å². The monoisotopic (exact) mass is 540 g/mol. The van der Waals surface area contributed by atoms with Crippen molar-refractivity contribution in [2.75, 3.05) is 62.5 Å². The molecule has 38 heavy (non-hydrogen) atoms. The molecule has 0 saturated carbocycles. The fourth-order valence-electron chi connectivity index (χ4n) is 6.26. The van der Waals surface area contributed by atoms with E-state index in [1.807, 2.05) is 18.2 Å².